The normalized spacial score (nSPS) is 17.9. The van der Waals surface area contributed by atoms with Gasteiger partial charge in [0.15, 0.2) is 0 Å². The molecule has 0 atom stereocenters. The molecule has 0 aliphatic carbocycles. The first-order chi connectivity index (χ1) is 4.93. The van der Waals surface area contributed by atoms with Crippen molar-refractivity contribution in [2.45, 2.75) is 39.0 Å². The van der Waals surface area contributed by atoms with Crippen LogP contribution in [0.3, 0.4) is 0 Å². The summed E-state index contributed by atoms with van der Waals surface area (Å²) in [6.45, 7) is 4.87. The third-order valence-corrected chi connectivity index (χ3v) is 2.09. The molecule has 0 unspecified atom stereocenters. The first kappa shape index (κ1) is 7.77. The summed E-state index contributed by atoms with van der Waals surface area (Å²) in [4.78, 5) is 0. The highest BCUT2D eigenvalue weighted by molar-refractivity contribution is 5.50. The van der Waals surface area contributed by atoms with Crippen LogP contribution in [0.5, 0.6) is 0 Å². The summed E-state index contributed by atoms with van der Waals surface area (Å²) in [6.07, 6.45) is 9.17. The Morgan fingerprint density at radius 1 is 1.30 bits per heavy atom. The Kier molecular flexibility index (Phi) is 3.48. The predicted molar refractivity (Wildman–Crippen MR) is 44.8 cm³/mol. The molecule has 0 aromatic rings. The largest absolute Gasteiger partial charge is 0.240 e. The van der Waals surface area contributed by atoms with Gasteiger partial charge in [0.1, 0.15) is 19.3 Å². The SMILES string of the molecule is CCCCC=[N+]1CCCC1. The number of hydrogen-bond acceptors (Lipinski definition) is 0. The number of unbranched alkanes of at least 4 members (excludes halogenated alkanes) is 2. The quantitative estimate of drug-likeness (QED) is 0.417. The second-order valence-corrected chi connectivity index (χ2v) is 3.07. The van der Waals surface area contributed by atoms with Crippen molar-refractivity contribution in [3.63, 3.8) is 0 Å². The topological polar surface area (TPSA) is 3.01 Å². The summed E-state index contributed by atoms with van der Waals surface area (Å²) >= 11 is 0. The summed E-state index contributed by atoms with van der Waals surface area (Å²) in [5.74, 6) is 0. The molecule has 1 saturated heterocycles. The minimum absolute atomic E-state index is 1.29. The molecule has 0 N–H and O–H groups in total. The fraction of sp³-hybridized carbons (Fsp3) is 0.889. The lowest BCUT2D eigenvalue weighted by Crippen LogP contribution is -2.06. The van der Waals surface area contributed by atoms with Crippen LogP contribution in [-0.2, 0) is 0 Å². The first-order valence-corrected chi connectivity index (χ1v) is 4.51. The minimum Gasteiger partial charge on any atom is -0.240 e. The van der Waals surface area contributed by atoms with Gasteiger partial charge >= 0.3 is 0 Å². The van der Waals surface area contributed by atoms with Crippen LogP contribution in [-0.4, -0.2) is 23.9 Å². The molecule has 58 valence electrons. The highest BCUT2D eigenvalue weighted by atomic mass is 15.0. The van der Waals surface area contributed by atoms with Crippen molar-refractivity contribution < 1.29 is 4.58 Å². The smallest absolute Gasteiger partial charge is 0.142 e. The van der Waals surface area contributed by atoms with Gasteiger partial charge in [0.25, 0.3) is 0 Å². The fourth-order valence-corrected chi connectivity index (χ4v) is 1.40. The van der Waals surface area contributed by atoms with Crippen LogP contribution in [0.2, 0.25) is 0 Å². The Bertz CT molecular complexity index is 108. The first-order valence-electron chi connectivity index (χ1n) is 4.51. The van der Waals surface area contributed by atoms with E-state index in [1.165, 1.54) is 45.2 Å². The van der Waals surface area contributed by atoms with Crippen molar-refractivity contribution in [2.24, 2.45) is 0 Å². The second-order valence-electron chi connectivity index (χ2n) is 3.07. The molecule has 0 spiro atoms. The van der Waals surface area contributed by atoms with Gasteiger partial charge in [-0.1, -0.05) is 13.3 Å². The van der Waals surface area contributed by atoms with E-state index in [-0.39, 0.29) is 0 Å². The molecule has 1 aliphatic heterocycles. The van der Waals surface area contributed by atoms with Crippen molar-refractivity contribution in [1.82, 2.24) is 0 Å². The van der Waals surface area contributed by atoms with E-state index < -0.39 is 0 Å². The summed E-state index contributed by atoms with van der Waals surface area (Å²) in [7, 11) is 0. The minimum atomic E-state index is 1.29. The molecule has 0 saturated carbocycles. The molecule has 0 aromatic carbocycles. The van der Waals surface area contributed by atoms with Crippen LogP contribution >= 0.6 is 0 Å². The second kappa shape index (κ2) is 4.48. The molecule has 0 amide bonds. The van der Waals surface area contributed by atoms with E-state index >= 15 is 0 Å². The van der Waals surface area contributed by atoms with Gasteiger partial charge in [-0.3, -0.25) is 0 Å². The highest BCUT2D eigenvalue weighted by Gasteiger charge is 2.10. The van der Waals surface area contributed by atoms with Gasteiger partial charge < -0.3 is 0 Å². The average Bonchev–Trinajstić information content (AvgIpc) is 2.41. The maximum Gasteiger partial charge on any atom is 0.142 e. The average molecular weight is 140 g/mol. The van der Waals surface area contributed by atoms with Gasteiger partial charge in [-0.2, -0.15) is 0 Å². The monoisotopic (exact) mass is 140 g/mol. The molecule has 0 radical (unpaired) electrons. The van der Waals surface area contributed by atoms with Gasteiger partial charge in [0.2, 0.25) is 0 Å². The Hall–Kier alpha value is -0.330. The van der Waals surface area contributed by atoms with Crippen LogP contribution in [0.1, 0.15) is 39.0 Å². The lowest BCUT2D eigenvalue weighted by atomic mass is 10.3. The van der Waals surface area contributed by atoms with Gasteiger partial charge in [-0.25, -0.2) is 4.58 Å². The van der Waals surface area contributed by atoms with E-state index in [0.29, 0.717) is 0 Å². The molecule has 1 heteroatoms. The van der Waals surface area contributed by atoms with E-state index in [2.05, 4.69) is 17.7 Å². The predicted octanol–water partition coefficient (Wildman–Crippen LogP) is 2.05. The molecule has 10 heavy (non-hydrogen) atoms. The van der Waals surface area contributed by atoms with E-state index in [4.69, 9.17) is 0 Å². The Morgan fingerprint density at radius 3 is 2.60 bits per heavy atom. The lowest BCUT2D eigenvalue weighted by molar-refractivity contribution is -0.502. The van der Waals surface area contributed by atoms with E-state index in [1.54, 1.807) is 0 Å². The fourth-order valence-electron chi connectivity index (χ4n) is 1.40. The zero-order valence-corrected chi connectivity index (χ0v) is 6.97. The Balaban J connectivity index is 2.12. The molecule has 1 aliphatic rings. The number of rotatable bonds is 3. The molecular weight excluding hydrogens is 122 g/mol. The van der Waals surface area contributed by atoms with Gasteiger partial charge in [-0.05, 0) is 6.42 Å². The zero-order valence-electron chi connectivity index (χ0n) is 6.97. The maximum atomic E-state index is 2.47. The molecule has 1 rings (SSSR count). The molecule has 1 nitrogen and oxygen atoms in total. The van der Waals surface area contributed by atoms with Crippen molar-refractivity contribution >= 4 is 6.21 Å². The molecule has 1 heterocycles. The molecule has 0 bridgehead atoms. The number of nitrogens with zero attached hydrogens (tertiary/aromatic N) is 1. The molecule has 1 fully saturated rings. The van der Waals surface area contributed by atoms with Gasteiger partial charge in [0.05, 0.1) is 0 Å². The van der Waals surface area contributed by atoms with Crippen LogP contribution in [0, 0.1) is 0 Å². The molecular formula is C9H18N+. The summed E-state index contributed by atoms with van der Waals surface area (Å²) in [5, 5.41) is 0. The van der Waals surface area contributed by atoms with Crippen molar-refractivity contribution in [3.05, 3.63) is 0 Å². The maximum absolute atomic E-state index is 2.47. The van der Waals surface area contributed by atoms with Crippen molar-refractivity contribution in [3.8, 4) is 0 Å². The number of hydrogen-bond donors (Lipinski definition) is 0. The third kappa shape index (κ3) is 2.51. The van der Waals surface area contributed by atoms with E-state index in [0.717, 1.165) is 0 Å². The zero-order chi connectivity index (χ0) is 7.23. The summed E-state index contributed by atoms with van der Waals surface area (Å²) in [6, 6.07) is 0. The van der Waals surface area contributed by atoms with Gasteiger partial charge in [-0.15, -0.1) is 0 Å². The third-order valence-electron chi connectivity index (χ3n) is 2.09. The van der Waals surface area contributed by atoms with Crippen LogP contribution in [0.25, 0.3) is 0 Å². The summed E-state index contributed by atoms with van der Waals surface area (Å²) in [5.41, 5.74) is 0. The van der Waals surface area contributed by atoms with E-state index in [9.17, 15) is 0 Å². The van der Waals surface area contributed by atoms with Crippen molar-refractivity contribution in [2.75, 3.05) is 13.1 Å². The van der Waals surface area contributed by atoms with Gasteiger partial charge in [0, 0.05) is 19.3 Å². The lowest BCUT2D eigenvalue weighted by Gasteiger charge is -1.90. The van der Waals surface area contributed by atoms with E-state index in [1.807, 2.05) is 0 Å². The van der Waals surface area contributed by atoms with Crippen LogP contribution < -0.4 is 0 Å². The Labute approximate surface area is 63.8 Å². The highest BCUT2D eigenvalue weighted by Crippen LogP contribution is 2.01. The Morgan fingerprint density at radius 2 is 2.00 bits per heavy atom. The van der Waals surface area contributed by atoms with Crippen molar-refractivity contribution in [1.29, 1.82) is 0 Å². The van der Waals surface area contributed by atoms with Crippen LogP contribution in [0.15, 0.2) is 0 Å². The standard InChI is InChI=1S/C9H18N/c1-2-3-4-7-10-8-5-6-9-10/h7H,2-6,8-9H2,1H3/q+1. The summed E-state index contributed by atoms with van der Waals surface area (Å²) < 4.78 is 2.47. The molecule has 0 aromatic heterocycles. The van der Waals surface area contributed by atoms with Crippen LogP contribution in [0.4, 0.5) is 0 Å².